The lowest BCUT2D eigenvalue weighted by molar-refractivity contribution is 0.0707. The average Bonchev–Trinajstić information content (AvgIpc) is 2.82. The number of nitrogens with one attached hydrogen (secondary N) is 1. The summed E-state index contributed by atoms with van der Waals surface area (Å²) in [6.45, 7) is 7.98. The van der Waals surface area contributed by atoms with Gasteiger partial charge in [0.15, 0.2) is 0 Å². The van der Waals surface area contributed by atoms with Crippen molar-refractivity contribution in [2.45, 2.75) is 26.8 Å². The van der Waals surface area contributed by atoms with Gasteiger partial charge in [0, 0.05) is 25.7 Å². The molecule has 1 aliphatic rings. The van der Waals surface area contributed by atoms with Gasteiger partial charge in [0.25, 0.3) is 5.91 Å². The molecule has 2 aromatic rings. The number of carbonyl (C=O) groups is 1. The van der Waals surface area contributed by atoms with Crippen molar-refractivity contribution in [2.24, 2.45) is 0 Å². The zero-order chi connectivity index (χ0) is 16.6. The molecule has 1 amide bonds. The number of piperazine rings is 1. The largest absolute Gasteiger partial charge is 0.336 e. The molecule has 2 heterocycles. The van der Waals surface area contributed by atoms with Crippen LogP contribution in [0.3, 0.4) is 0 Å². The zero-order valence-electron chi connectivity index (χ0n) is 13.6. The molecule has 23 heavy (non-hydrogen) atoms. The molecule has 1 N–H and O–H groups in total. The van der Waals surface area contributed by atoms with Crippen molar-refractivity contribution in [1.82, 2.24) is 20.0 Å². The summed E-state index contributed by atoms with van der Waals surface area (Å²) in [7, 11) is 0. The molecular formula is C17H21FN4O. The van der Waals surface area contributed by atoms with Crippen molar-refractivity contribution in [3.05, 3.63) is 47.0 Å². The normalized spacial score (nSPS) is 18.3. The van der Waals surface area contributed by atoms with E-state index in [1.165, 1.54) is 12.1 Å². The molecule has 0 bridgehead atoms. The molecule has 6 heteroatoms. The summed E-state index contributed by atoms with van der Waals surface area (Å²) in [5.74, 6) is -0.275. The molecule has 1 atom stereocenters. The van der Waals surface area contributed by atoms with Crippen LogP contribution < -0.4 is 5.32 Å². The Labute approximate surface area is 135 Å². The van der Waals surface area contributed by atoms with E-state index in [4.69, 9.17) is 0 Å². The lowest BCUT2D eigenvalue weighted by Crippen LogP contribution is -2.51. The van der Waals surface area contributed by atoms with Gasteiger partial charge in [0.1, 0.15) is 5.82 Å². The third kappa shape index (κ3) is 2.99. The number of aromatic nitrogens is 2. The molecule has 0 saturated carbocycles. The lowest BCUT2D eigenvalue weighted by atomic mass is 10.1. The van der Waals surface area contributed by atoms with Gasteiger partial charge in [-0.2, -0.15) is 5.10 Å². The van der Waals surface area contributed by atoms with Crippen LogP contribution in [0.1, 0.15) is 28.7 Å². The monoisotopic (exact) mass is 316 g/mol. The smallest absolute Gasteiger partial charge is 0.257 e. The first kappa shape index (κ1) is 15.7. The number of halogens is 1. The van der Waals surface area contributed by atoms with E-state index in [1.54, 1.807) is 16.8 Å². The molecular weight excluding hydrogens is 295 g/mol. The van der Waals surface area contributed by atoms with E-state index < -0.39 is 0 Å². The number of nitrogens with zero attached hydrogens (tertiary/aromatic N) is 3. The van der Waals surface area contributed by atoms with Crippen LogP contribution in [0.4, 0.5) is 4.39 Å². The Morgan fingerprint density at radius 3 is 2.65 bits per heavy atom. The van der Waals surface area contributed by atoms with Crippen molar-refractivity contribution < 1.29 is 9.18 Å². The molecule has 1 unspecified atom stereocenters. The van der Waals surface area contributed by atoms with Crippen LogP contribution in [0, 0.1) is 19.7 Å². The Balaban J connectivity index is 1.94. The van der Waals surface area contributed by atoms with Crippen molar-refractivity contribution in [3.8, 4) is 5.69 Å². The standard InChI is InChI=1S/C17H21FN4O/c1-11-10-21(9-8-19-11)17(23)16-12(2)20-22(13(16)3)15-6-4-14(18)5-7-15/h4-7,11,19H,8-10H2,1-3H3. The Morgan fingerprint density at radius 1 is 1.30 bits per heavy atom. The molecule has 3 rings (SSSR count). The minimum atomic E-state index is -0.290. The van der Waals surface area contributed by atoms with Crippen LogP contribution in [-0.2, 0) is 0 Å². The van der Waals surface area contributed by atoms with Crippen LogP contribution in [0.2, 0.25) is 0 Å². The molecule has 122 valence electrons. The van der Waals surface area contributed by atoms with Gasteiger partial charge in [-0.25, -0.2) is 9.07 Å². The second-order valence-electron chi connectivity index (χ2n) is 6.04. The van der Waals surface area contributed by atoms with E-state index in [0.717, 1.165) is 17.9 Å². The van der Waals surface area contributed by atoms with E-state index >= 15 is 0 Å². The predicted molar refractivity (Wildman–Crippen MR) is 86.4 cm³/mol. The summed E-state index contributed by atoms with van der Waals surface area (Å²) in [6.07, 6.45) is 0. The van der Waals surface area contributed by atoms with Crippen molar-refractivity contribution in [2.75, 3.05) is 19.6 Å². The Kier molecular flexibility index (Phi) is 4.17. The van der Waals surface area contributed by atoms with E-state index in [9.17, 15) is 9.18 Å². The minimum Gasteiger partial charge on any atom is -0.336 e. The fourth-order valence-corrected chi connectivity index (χ4v) is 3.06. The zero-order valence-corrected chi connectivity index (χ0v) is 13.6. The molecule has 1 aliphatic heterocycles. The van der Waals surface area contributed by atoms with Gasteiger partial charge in [-0.3, -0.25) is 4.79 Å². The molecule has 1 aromatic carbocycles. The molecule has 0 aliphatic carbocycles. The number of aryl methyl sites for hydroxylation is 1. The second kappa shape index (κ2) is 6.12. The summed E-state index contributed by atoms with van der Waals surface area (Å²) in [5.41, 5.74) is 2.87. The van der Waals surface area contributed by atoms with E-state index in [-0.39, 0.29) is 11.7 Å². The summed E-state index contributed by atoms with van der Waals surface area (Å²) in [6, 6.07) is 6.41. The van der Waals surface area contributed by atoms with E-state index in [1.807, 2.05) is 18.7 Å². The fraction of sp³-hybridized carbons (Fsp3) is 0.412. The van der Waals surface area contributed by atoms with Crippen LogP contribution in [0.5, 0.6) is 0 Å². The predicted octanol–water partition coefficient (Wildman–Crippen LogP) is 2.06. The van der Waals surface area contributed by atoms with Gasteiger partial charge < -0.3 is 10.2 Å². The first-order valence-corrected chi connectivity index (χ1v) is 7.82. The highest BCUT2D eigenvalue weighted by Crippen LogP contribution is 2.20. The number of rotatable bonds is 2. The van der Waals surface area contributed by atoms with Crippen LogP contribution in [-0.4, -0.2) is 46.3 Å². The number of hydrogen-bond donors (Lipinski definition) is 1. The third-order valence-corrected chi connectivity index (χ3v) is 4.23. The molecule has 0 radical (unpaired) electrons. The summed E-state index contributed by atoms with van der Waals surface area (Å²) in [4.78, 5) is 14.7. The first-order chi connectivity index (χ1) is 11.0. The quantitative estimate of drug-likeness (QED) is 0.923. The number of amides is 1. The summed E-state index contributed by atoms with van der Waals surface area (Å²) >= 11 is 0. The number of carbonyl (C=O) groups excluding carboxylic acids is 1. The van der Waals surface area contributed by atoms with E-state index in [0.29, 0.717) is 30.4 Å². The van der Waals surface area contributed by atoms with Gasteiger partial charge in [0.2, 0.25) is 0 Å². The highest BCUT2D eigenvalue weighted by Gasteiger charge is 2.27. The van der Waals surface area contributed by atoms with Gasteiger partial charge in [-0.1, -0.05) is 0 Å². The molecule has 1 saturated heterocycles. The molecule has 5 nitrogen and oxygen atoms in total. The maximum Gasteiger partial charge on any atom is 0.257 e. The maximum atomic E-state index is 13.1. The molecule has 1 aromatic heterocycles. The van der Waals surface area contributed by atoms with Gasteiger partial charge in [0.05, 0.1) is 22.6 Å². The van der Waals surface area contributed by atoms with Crippen molar-refractivity contribution in [3.63, 3.8) is 0 Å². The molecule has 1 fully saturated rings. The third-order valence-electron chi connectivity index (χ3n) is 4.23. The lowest BCUT2D eigenvalue weighted by Gasteiger charge is -2.32. The van der Waals surface area contributed by atoms with Crippen molar-refractivity contribution in [1.29, 1.82) is 0 Å². The van der Waals surface area contributed by atoms with Crippen molar-refractivity contribution >= 4 is 5.91 Å². The SMILES string of the molecule is Cc1nn(-c2ccc(F)cc2)c(C)c1C(=O)N1CCNC(C)C1. The number of hydrogen-bond acceptors (Lipinski definition) is 3. The minimum absolute atomic E-state index is 0.0155. The topological polar surface area (TPSA) is 50.2 Å². The Morgan fingerprint density at radius 2 is 2.00 bits per heavy atom. The highest BCUT2D eigenvalue weighted by atomic mass is 19.1. The summed E-state index contributed by atoms with van der Waals surface area (Å²) < 4.78 is 14.8. The first-order valence-electron chi connectivity index (χ1n) is 7.82. The fourth-order valence-electron chi connectivity index (χ4n) is 3.06. The van der Waals surface area contributed by atoms with Gasteiger partial charge >= 0.3 is 0 Å². The summed E-state index contributed by atoms with van der Waals surface area (Å²) in [5, 5.41) is 7.81. The average molecular weight is 316 g/mol. The highest BCUT2D eigenvalue weighted by molar-refractivity contribution is 5.96. The van der Waals surface area contributed by atoms with E-state index in [2.05, 4.69) is 17.3 Å². The van der Waals surface area contributed by atoms with Crippen LogP contribution in [0.15, 0.2) is 24.3 Å². The number of benzene rings is 1. The maximum absolute atomic E-state index is 13.1. The Hall–Kier alpha value is -2.21. The van der Waals surface area contributed by atoms with Gasteiger partial charge in [-0.05, 0) is 45.0 Å². The Bertz CT molecular complexity index is 723. The van der Waals surface area contributed by atoms with Crippen LogP contribution in [0.25, 0.3) is 5.69 Å². The van der Waals surface area contributed by atoms with Crippen LogP contribution >= 0.6 is 0 Å². The second-order valence-corrected chi connectivity index (χ2v) is 6.04. The molecule has 0 spiro atoms. The van der Waals surface area contributed by atoms with Gasteiger partial charge in [-0.15, -0.1) is 0 Å².